The molecule has 2 N–H and O–H groups in total. The minimum absolute atomic E-state index is 0.0875. The standard InChI is InChI=1S/C18H22N2O4S/c1-13-4-9-18(24-3)17(12-13)20-25(22,23)16-7-5-15(6-8-16)10-11-19-14(2)21/h4-9,12,20H,10-11H2,1-3H3,(H,19,21). The first kappa shape index (κ1) is 18.8. The zero-order valence-electron chi connectivity index (χ0n) is 14.5. The van der Waals surface area contributed by atoms with Gasteiger partial charge in [0, 0.05) is 13.5 Å². The van der Waals surface area contributed by atoms with Crippen LogP contribution in [0.4, 0.5) is 5.69 Å². The van der Waals surface area contributed by atoms with Crippen molar-refractivity contribution in [3.05, 3.63) is 53.6 Å². The van der Waals surface area contributed by atoms with Gasteiger partial charge in [0.2, 0.25) is 5.91 Å². The van der Waals surface area contributed by atoms with Crippen LogP contribution in [0, 0.1) is 6.92 Å². The van der Waals surface area contributed by atoms with Crippen LogP contribution < -0.4 is 14.8 Å². The minimum atomic E-state index is -3.71. The van der Waals surface area contributed by atoms with Gasteiger partial charge < -0.3 is 10.1 Å². The molecule has 25 heavy (non-hydrogen) atoms. The Hall–Kier alpha value is -2.54. The highest BCUT2D eigenvalue weighted by molar-refractivity contribution is 7.92. The number of anilines is 1. The molecule has 0 unspecified atom stereocenters. The fourth-order valence-electron chi connectivity index (χ4n) is 2.32. The topological polar surface area (TPSA) is 84.5 Å². The predicted molar refractivity (Wildman–Crippen MR) is 97.4 cm³/mol. The van der Waals surface area contributed by atoms with Crippen LogP contribution in [0.1, 0.15) is 18.1 Å². The monoisotopic (exact) mass is 362 g/mol. The lowest BCUT2D eigenvalue weighted by molar-refractivity contribution is -0.118. The molecular weight excluding hydrogens is 340 g/mol. The quantitative estimate of drug-likeness (QED) is 0.792. The van der Waals surface area contributed by atoms with Gasteiger partial charge in [-0.2, -0.15) is 0 Å². The smallest absolute Gasteiger partial charge is 0.262 e. The van der Waals surface area contributed by atoms with Crippen molar-refractivity contribution in [2.75, 3.05) is 18.4 Å². The number of carbonyl (C=O) groups excluding carboxylic acids is 1. The molecule has 7 heteroatoms. The summed E-state index contributed by atoms with van der Waals surface area (Å²) >= 11 is 0. The molecule has 0 aliphatic rings. The van der Waals surface area contributed by atoms with Crippen LogP contribution in [-0.2, 0) is 21.2 Å². The number of hydrogen-bond donors (Lipinski definition) is 2. The molecule has 2 aromatic carbocycles. The van der Waals surface area contributed by atoms with Gasteiger partial charge in [0.05, 0.1) is 17.7 Å². The van der Waals surface area contributed by atoms with Gasteiger partial charge in [-0.05, 0) is 48.7 Å². The fraction of sp³-hybridized carbons (Fsp3) is 0.278. The van der Waals surface area contributed by atoms with Gasteiger partial charge in [0.15, 0.2) is 0 Å². The van der Waals surface area contributed by atoms with E-state index in [1.54, 1.807) is 36.4 Å². The molecule has 0 aromatic heterocycles. The van der Waals surface area contributed by atoms with E-state index in [1.807, 2.05) is 13.0 Å². The first-order valence-corrected chi connectivity index (χ1v) is 9.31. The van der Waals surface area contributed by atoms with E-state index in [0.29, 0.717) is 24.4 Å². The second kappa shape index (κ2) is 8.02. The molecule has 2 rings (SSSR count). The maximum absolute atomic E-state index is 12.6. The number of hydrogen-bond acceptors (Lipinski definition) is 4. The molecule has 0 radical (unpaired) electrons. The summed E-state index contributed by atoms with van der Waals surface area (Å²) in [5.74, 6) is 0.372. The molecular formula is C18H22N2O4S. The number of amides is 1. The van der Waals surface area contributed by atoms with Crippen LogP contribution in [0.3, 0.4) is 0 Å². The lowest BCUT2D eigenvalue weighted by Gasteiger charge is -2.13. The second-order valence-electron chi connectivity index (χ2n) is 5.69. The Labute approximate surface area is 148 Å². The van der Waals surface area contributed by atoms with Crippen molar-refractivity contribution in [1.82, 2.24) is 5.32 Å². The summed E-state index contributed by atoms with van der Waals surface area (Å²) in [7, 11) is -2.22. The van der Waals surface area contributed by atoms with Crippen LogP contribution in [0.5, 0.6) is 5.75 Å². The summed E-state index contributed by atoms with van der Waals surface area (Å²) in [6.07, 6.45) is 0.638. The van der Waals surface area contributed by atoms with E-state index in [4.69, 9.17) is 4.74 Å². The molecule has 0 bridgehead atoms. The van der Waals surface area contributed by atoms with E-state index in [1.165, 1.54) is 14.0 Å². The van der Waals surface area contributed by atoms with Crippen molar-refractivity contribution in [3.8, 4) is 5.75 Å². The van der Waals surface area contributed by atoms with Crippen LogP contribution in [0.15, 0.2) is 47.4 Å². The number of nitrogens with one attached hydrogen (secondary N) is 2. The van der Waals surface area contributed by atoms with E-state index in [-0.39, 0.29) is 10.8 Å². The number of sulfonamides is 1. The first-order chi connectivity index (χ1) is 11.8. The van der Waals surface area contributed by atoms with Crippen LogP contribution in [0.2, 0.25) is 0 Å². The van der Waals surface area contributed by atoms with Crippen LogP contribution in [0.25, 0.3) is 0 Å². The van der Waals surface area contributed by atoms with Crippen molar-refractivity contribution in [1.29, 1.82) is 0 Å². The maximum Gasteiger partial charge on any atom is 0.262 e. The second-order valence-corrected chi connectivity index (χ2v) is 7.37. The average Bonchev–Trinajstić information content (AvgIpc) is 2.55. The molecule has 0 aliphatic carbocycles. The molecule has 0 aliphatic heterocycles. The van der Waals surface area contributed by atoms with Gasteiger partial charge in [-0.3, -0.25) is 9.52 Å². The third kappa shape index (κ3) is 5.22. The Bertz CT molecular complexity index is 846. The molecule has 0 spiro atoms. The third-order valence-electron chi connectivity index (χ3n) is 3.62. The van der Waals surface area contributed by atoms with Gasteiger partial charge in [-0.1, -0.05) is 18.2 Å². The lowest BCUT2D eigenvalue weighted by atomic mass is 10.1. The van der Waals surface area contributed by atoms with Gasteiger partial charge in [-0.25, -0.2) is 8.42 Å². The predicted octanol–water partition coefficient (Wildman–Crippen LogP) is 2.48. The molecule has 6 nitrogen and oxygen atoms in total. The number of aryl methyl sites for hydroxylation is 1. The summed E-state index contributed by atoms with van der Waals surface area (Å²) in [6, 6.07) is 11.9. The highest BCUT2D eigenvalue weighted by Gasteiger charge is 2.16. The van der Waals surface area contributed by atoms with E-state index in [9.17, 15) is 13.2 Å². The Balaban J connectivity index is 2.14. The van der Waals surface area contributed by atoms with Crippen LogP contribution >= 0.6 is 0 Å². The fourth-order valence-corrected chi connectivity index (χ4v) is 3.38. The summed E-state index contributed by atoms with van der Waals surface area (Å²) in [5, 5.41) is 2.71. The minimum Gasteiger partial charge on any atom is -0.495 e. The molecule has 134 valence electrons. The van der Waals surface area contributed by atoms with Gasteiger partial charge in [0.1, 0.15) is 5.75 Å². The molecule has 0 saturated carbocycles. The Kier molecular flexibility index (Phi) is 6.03. The van der Waals surface area contributed by atoms with Crippen molar-refractivity contribution in [2.24, 2.45) is 0 Å². The summed E-state index contributed by atoms with van der Waals surface area (Å²) in [5.41, 5.74) is 2.27. The number of rotatable bonds is 7. The largest absolute Gasteiger partial charge is 0.495 e. The summed E-state index contributed by atoms with van der Waals surface area (Å²) in [6.45, 7) is 3.85. The van der Waals surface area contributed by atoms with Crippen molar-refractivity contribution >= 4 is 21.6 Å². The molecule has 2 aromatic rings. The lowest BCUT2D eigenvalue weighted by Crippen LogP contribution is -2.22. The zero-order valence-corrected chi connectivity index (χ0v) is 15.3. The maximum atomic E-state index is 12.6. The number of carbonyl (C=O) groups is 1. The van der Waals surface area contributed by atoms with E-state index in [0.717, 1.165) is 11.1 Å². The Morgan fingerprint density at radius 1 is 1.12 bits per heavy atom. The Morgan fingerprint density at radius 3 is 2.40 bits per heavy atom. The van der Waals surface area contributed by atoms with Gasteiger partial charge in [0.25, 0.3) is 10.0 Å². The molecule has 1 amide bonds. The molecule has 0 heterocycles. The van der Waals surface area contributed by atoms with Gasteiger partial charge in [-0.15, -0.1) is 0 Å². The van der Waals surface area contributed by atoms with E-state index in [2.05, 4.69) is 10.0 Å². The first-order valence-electron chi connectivity index (χ1n) is 7.82. The molecule has 0 atom stereocenters. The van der Waals surface area contributed by atoms with Crippen molar-refractivity contribution < 1.29 is 17.9 Å². The number of benzene rings is 2. The number of methoxy groups -OCH3 is 1. The van der Waals surface area contributed by atoms with E-state index < -0.39 is 10.0 Å². The summed E-state index contributed by atoms with van der Waals surface area (Å²) < 4.78 is 32.9. The normalized spacial score (nSPS) is 11.0. The SMILES string of the molecule is COc1ccc(C)cc1NS(=O)(=O)c1ccc(CCNC(C)=O)cc1. The third-order valence-corrected chi connectivity index (χ3v) is 5.00. The van der Waals surface area contributed by atoms with Gasteiger partial charge >= 0.3 is 0 Å². The van der Waals surface area contributed by atoms with E-state index >= 15 is 0 Å². The zero-order chi connectivity index (χ0) is 18.4. The highest BCUT2D eigenvalue weighted by Crippen LogP contribution is 2.27. The van der Waals surface area contributed by atoms with Crippen molar-refractivity contribution in [3.63, 3.8) is 0 Å². The number of ether oxygens (including phenoxy) is 1. The van der Waals surface area contributed by atoms with Crippen molar-refractivity contribution in [2.45, 2.75) is 25.2 Å². The molecule has 0 saturated heterocycles. The van der Waals surface area contributed by atoms with Crippen LogP contribution in [-0.4, -0.2) is 28.0 Å². The average molecular weight is 362 g/mol. The molecule has 0 fully saturated rings. The Morgan fingerprint density at radius 2 is 1.80 bits per heavy atom. The highest BCUT2D eigenvalue weighted by atomic mass is 32.2. The summed E-state index contributed by atoms with van der Waals surface area (Å²) in [4.78, 5) is 11.0.